The molecule has 0 aliphatic rings. The molecule has 0 saturated heterocycles. The standard InChI is InChI=1S/C15H16N2S2/c1-10-6-7-13(18-10)14(9-16)19-15-8-11-4-2-3-5-12(11)17-15/h2-8,14,17H,9,16H2,1H3. The van der Waals surface area contributed by atoms with Gasteiger partial charge in [-0.1, -0.05) is 30.0 Å². The van der Waals surface area contributed by atoms with Crippen molar-refractivity contribution in [2.75, 3.05) is 6.54 Å². The summed E-state index contributed by atoms with van der Waals surface area (Å²) in [6.07, 6.45) is 0. The number of fused-ring (bicyclic) bond motifs is 1. The van der Waals surface area contributed by atoms with Crippen LogP contribution < -0.4 is 5.73 Å². The quantitative estimate of drug-likeness (QED) is 0.702. The third kappa shape index (κ3) is 2.71. The summed E-state index contributed by atoms with van der Waals surface area (Å²) >= 11 is 3.64. The number of aryl methyl sites for hydroxylation is 1. The van der Waals surface area contributed by atoms with Gasteiger partial charge in [0.25, 0.3) is 0 Å². The highest BCUT2D eigenvalue weighted by atomic mass is 32.2. The first-order valence-electron chi connectivity index (χ1n) is 6.27. The van der Waals surface area contributed by atoms with Crippen molar-refractivity contribution in [3.8, 4) is 0 Å². The Morgan fingerprint density at radius 3 is 2.79 bits per heavy atom. The summed E-state index contributed by atoms with van der Waals surface area (Å²) in [4.78, 5) is 6.14. The van der Waals surface area contributed by atoms with E-state index in [2.05, 4.69) is 54.4 Å². The zero-order chi connectivity index (χ0) is 13.2. The second-order valence-corrected chi connectivity index (χ2v) is 7.08. The Balaban J connectivity index is 1.86. The zero-order valence-electron chi connectivity index (χ0n) is 10.7. The lowest BCUT2D eigenvalue weighted by Crippen LogP contribution is -2.07. The Kier molecular flexibility index (Phi) is 3.64. The topological polar surface area (TPSA) is 41.8 Å². The highest BCUT2D eigenvalue weighted by Gasteiger charge is 2.14. The fraction of sp³-hybridized carbons (Fsp3) is 0.200. The normalized spacial score (nSPS) is 12.9. The predicted octanol–water partition coefficient (Wildman–Crippen LogP) is 4.33. The number of rotatable bonds is 4. The van der Waals surface area contributed by atoms with E-state index in [1.807, 2.05) is 23.1 Å². The van der Waals surface area contributed by atoms with E-state index in [0.29, 0.717) is 11.8 Å². The molecule has 3 rings (SSSR count). The molecule has 19 heavy (non-hydrogen) atoms. The van der Waals surface area contributed by atoms with E-state index in [9.17, 15) is 0 Å². The number of benzene rings is 1. The minimum atomic E-state index is 0.326. The van der Waals surface area contributed by atoms with Gasteiger partial charge in [0.1, 0.15) is 0 Å². The molecule has 98 valence electrons. The van der Waals surface area contributed by atoms with Gasteiger partial charge in [0.05, 0.1) is 10.3 Å². The van der Waals surface area contributed by atoms with E-state index in [1.54, 1.807) is 0 Å². The number of nitrogens with one attached hydrogen (secondary N) is 1. The van der Waals surface area contributed by atoms with Crippen molar-refractivity contribution in [3.63, 3.8) is 0 Å². The zero-order valence-corrected chi connectivity index (χ0v) is 12.4. The van der Waals surface area contributed by atoms with Crippen LogP contribution in [0.2, 0.25) is 0 Å². The molecule has 1 atom stereocenters. The molecule has 0 aliphatic heterocycles. The molecular weight excluding hydrogens is 272 g/mol. The van der Waals surface area contributed by atoms with Crippen molar-refractivity contribution < 1.29 is 0 Å². The smallest absolute Gasteiger partial charge is 0.0739 e. The SMILES string of the molecule is Cc1ccc(C(CN)Sc2cc3ccccc3[nH]2)s1. The minimum absolute atomic E-state index is 0.326. The second-order valence-electron chi connectivity index (χ2n) is 4.51. The van der Waals surface area contributed by atoms with Crippen LogP contribution in [0.1, 0.15) is 15.0 Å². The molecule has 4 heteroatoms. The summed E-state index contributed by atoms with van der Waals surface area (Å²) in [5, 5.41) is 2.76. The van der Waals surface area contributed by atoms with Crippen molar-refractivity contribution in [1.29, 1.82) is 0 Å². The summed E-state index contributed by atoms with van der Waals surface area (Å²) in [6, 6.07) is 14.9. The van der Waals surface area contributed by atoms with Crippen molar-refractivity contribution >= 4 is 34.0 Å². The van der Waals surface area contributed by atoms with Crippen LogP contribution >= 0.6 is 23.1 Å². The van der Waals surface area contributed by atoms with Crippen LogP contribution in [0.3, 0.4) is 0 Å². The van der Waals surface area contributed by atoms with Crippen molar-refractivity contribution in [2.45, 2.75) is 17.2 Å². The average Bonchev–Trinajstić information content (AvgIpc) is 3.01. The van der Waals surface area contributed by atoms with Crippen molar-refractivity contribution in [3.05, 3.63) is 52.2 Å². The molecule has 1 unspecified atom stereocenters. The third-order valence-corrected chi connectivity index (χ3v) is 5.54. The van der Waals surface area contributed by atoms with Gasteiger partial charge >= 0.3 is 0 Å². The Morgan fingerprint density at radius 1 is 1.26 bits per heavy atom. The van der Waals surface area contributed by atoms with Crippen LogP contribution in [0, 0.1) is 6.92 Å². The molecule has 0 fully saturated rings. The Hall–Kier alpha value is -1.23. The molecule has 0 amide bonds. The number of aromatic nitrogens is 1. The molecule has 0 aliphatic carbocycles. The highest BCUT2D eigenvalue weighted by molar-refractivity contribution is 7.99. The Labute approximate surface area is 121 Å². The largest absolute Gasteiger partial charge is 0.350 e. The number of thiophene rings is 1. The van der Waals surface area contributed by atoms with Gasteiger partial charge in [0.2, 0.25) is 0 Å². The molecule has 2 aromatic heterocycles. The van der Waals surface area contributed by atoms with Gasteiger partial charge in [-0.2, -0.15) is 0 Å². The van der Waals surface area contributed by atoms with E-state index in [4.69, 9.17) is 5.73 Å². The summed E-state index contributed by atoms with van der Waals surface area (Å²) in [5.74, 6) is 0. The maximum absolute atomic E-state index is 5.93. The molecule has 0 bridgehead atoms. The van der Waals surface area contributed by atoms with Gasteiger partial charge in [0.15, 0.2) is 0 Å². The number of nitrogens with two attached hydrogens (primary N) is 1. The van der Waals surface area contributed by atoms with E-state index in [1.165, 1.54) is 25.7 Å². The Bertz CT molecular complexity index is 651. The van der Waals surface area contributed by atoms with Crippen LogP contribution in [0.25, 0.3) is 10.9 Å². The van der Waals surface area contributed by atoms with Crippen LogP contribution in [0.5, 0.6) is 0 Å². The van der Waals surface area contributed by atoms with Gasteiger partial charge < -0.3 is 10.7 Å². The highest BCUT2D eigenvalue weighted by Crippen LogP contribution is 2.38. The molecule has 2 heterocycles. The average molecular weight is 288 g/mol. The van der Waals surface area contributed by atoms with Crippen molar-refractivity contribution in [1.82, 2.24) is 4.98 Å². The fourth-order valence-electron chi connectivity index (χ4n) is 2.11. The lowest BCUT2D eigenvalue weighted by molar-refractivity contribution is 0.956. The molecule has 1 aromatic carbocycles. The summed E-state index contributed by atoms with van der Waals surface area (Å²) in [5.41, 5.74) is 7.11. The molecule has 3 N–H and O–H groups in total. The fourth-order valence-corrected chi connectivity index (χ4v) is 4.23. The monoisotopic (exact) mass is 288 g/mol. The second kappa shape index (κ2) is 5.41. The molecule has 0 saturated carbocycles. The summed E-state index contributed by atoms with van der Waals surface area (Å²) < 4.78 is 0. The first kappa shape index (κ1) is 12.8. The first-order valence-corrected chi connectivity index (χ1v) is 7.96. The molecular formula is C15H16N2S2. The lowest BCUT2D eigenvalue weighted by Gasteiger charge is -2.10. The number of hydrogen-bond donors (Lipinski definition) is 2. The molecule has 0 radical (unpaired) electrons. The van der Waals surface area contributed by atoms with Gasteiger partial charge in [-0.15, -0.1) is 11.3 Å². The van der Waals surface area contributed by atoms with Crippen LogP contribution in [0.4, 0.5) is 0 Å². The lowest BCUT2D eigenvalue weighted by atomic mass is 10.3. The number of para-hydroxylation sites is 1. The summed E-state index contributed by atoms with van der Waals surface area (Å²) in [6.45, 7) is 2.79. The van der Waals surface area contributed by atoms with Crippen LogP contribution in [0.15, 0.2) is 47.5 Å². The maximum atomic E-state index is 5.93. The predicted molar refractivity (Wildman–Crippen MR) is 85.0 cm³/mol. The van der Waals surface area contributed by atoms with Gasteiger partial charge in [-0.25, -0.2) is 0 Å². The molecule has 3 aromatic rings. The van der Waals surface area contributed by atoms with Crippen molar-refractivity contribution in [2.24, 2.45) is 5.73 Å². The molecule has 0 spiro atoms. The van der Waals surface area contributed by atoms with E-state index in [-0.39, 0.29) is 0 Å². The van der Waals surface area contributed by atoms with Gasteiger partial charge in [0, 0.05) is 27.2 Å². The van der Waals surface area contributed by atoms with E-state index >= 15 is 0 Å². The van der Waals surface area contributed by atoms with Gasteiger partial charge in [-0.05, 0) is 31.2 Å². The molecule has 2 nitrogen and oxygen atoms in total. The van der Waals surface area contributed by atoms with Gasteiger partial charge in [-0.3, -0.25) is 0 Å². The number of hydrogen-bond acceptors (Lipinski definition) is 3. The number of thioether (sulfide) groups is 1. The van der Waals surface area contributed by atoms with E-state index in [0.717, 1.165) is 0 Å². The first-order chi connectivity index (χ1) is 9.26. The van der Waals surface area contributed by atoms with E-state index < -0.39 is 0 Å². The van der Waals surface area contributed by atoms with Crippen LogP contribution in [-0.2, 0) is 0 Å². The number of H-pyrrole nitrogens is 1. The Morgan fingerprint density at radius 2 is 2.11 bits per heavy atom. The third-order valence-electron chi connectivity index (χ3n) is 3.07. The number of aromatic amines is 1. The minimum Gasteiger partial charge on any atom is -0.350 e. The summed E-state index contributed by atoms with van der Waals surface area (Å²) in [7, 11) is 0. The van der Waals surface area contributed by atoms with Crippen LogP contribution in [-0.4, -0.2) is 11.5 Å². The maximum Gasteiger partial charge on any atom is 0.0739 e.